The summed E-state index contributed by atoms with van der Waals surface area (Å²) in [5.74, 6) is 0.123. The van der Waals surface area contributed by atoms with Crippen molar-refractivity contribution >= 4 is 46.0 Å². The van der Waals surface area contributed by atoms with Gasteiger partial charge in [-0.1, -0.05) is 42.5 Å². The third kappa shape index (κ3) is 3.14. The van der Waals surface area contributed by atoms with Crippen molar-refractivity contribution in [2.45, 2.75) is 18.9 Å². The number of halogens is 1. The smallest absolute Gasteiger partial charge is 0.248 e. The molecule has 162 valence electrons. The van der Waals surface area contributed by atoms with Gasteiger partial charge in [-0.2, -0.15) is 0 Å². The first kappa shape index (κ1) is 20.1. The van der Waals surface area contributed by atoms with E-state index in [4.69, 9.17) is 0 Å². The van der Waals surface area contributed by atoms with Crippen LogP contribution in [0.15, 0.2) is 66.7 Å². The molecule has 5 nitrogen and oxygen atoms in total. The second kappa shape index (κ2) is 7.54. The van der Waals surface area contributed by atoms with Gasteiger partial charge in [-0.05, 0) is 82.5 Å². The van der Waals surface area contributed by atoms with Gasteiger partial charge in [0.25, 0.3) is 0 Å². The van der Waals surface area contributed by atoms with Crippen molar-refractivity contribution in [2.75, 3.05) is 5.32 Å². The first-order valence-corrected chi connectivity index (χ1v) is 12.3. The van der Waals surface area contributed by atoms with Crippen LogP contribution < -0.4 is 5.32 Å². The van der Waals surface area contributed by atoms with Crippen LogP contribution in [0.25, 0.3) is 0 Å². The van der Waals surface area contributed by atoms with E-state index in [1.807, 2.05) is 54.6 Å². The molecule has 5 aliphatic rings. The minimum Gasteiger partial charge on any atom is -0.324 e. The molecule has 0 radical (unpaired) electrons. The van der Waals surface area contributed by atoms with Crippen LogP contribution in [0.2, 0.25) is 0 Å². The molecule has 4 aliphatic carbocycles. The lowest BCUT2D eigenvalue weighted by Gasteiger charge is -2.37. The number of nitrogens with zero attached hydrogens (tertiary/aromatic N) is 1. The zero-order valence-corrected chi connectivity index (χ0v) is 19.5. The lowest BCUT2D eigenvalue weighted by molar-refractivity contribution is -0.146. The Morgan fingerprint density at radius 1 is 0.938 bits per heavy atom. The van der Waals surface area contributed by atoms with E-state index >= 15 is 0 Å². The highest BCUT2D eigenvalue weighted by atomic mass is 127. The van der Waals surface area contributed by atoms with E-state index in [-0.39, 0.29) is 41.4 Å². The topological polar surface area (TPSA) is 66.5 Å². The molecule has 1 heterocycles. The molecular formula is C26H23IN2O3. The summed E-state index contributed by atoms with van der Waals surface area (Å²) in [5.41, 5.74) is 1.59. The number of anilines is 1. The molecule has 1 N–H and O–H groups in total. The number of amides is 3. The highest BCUT2D eigenvalue weighted by molar-refractivity contribution is 14.1. The number of carbonyl (C=O) groups is 3. The Morgan fingerprint density at radius 2 is 1.53 bits per heavy atom. The summed E-state index contributed by atoms with van der Waals surface area (Å²) in [6.07, 6.45) is 5.75. The van der Waals surface area contributed by atoms with Crippen LogP contribution in [-0.2, 0) is 20.8 Å². The highest BCUT2D eigenvalue weighted by Crippen LogP contribution is 2.65. The van der Waals surface area contributed by atoms with E-state index in [1.54, 1.807) is 0 Å². The van der Waals surface area contributed by atoms with E-state index in [9.17, 15) is 14.4 Å². The van der Waals surface area contributed by atoms with Gasteiger partial charge < -0.3 is 5.32 Å². The predicted molar refractivity (Wildman–Crippen MR) is 128 cm³/mol. The Hall–Kier alpha value is -2.48. The first-order chi connectivity index (χ1) is 15.5. The quantitative estimate of drug-likeness (QED) is 0.357. The summed E-state index contributed by atoms with van der Waals surface area (Å²) < 4.78 is 1.07. The van der Waals surface area contributed by atoms with Crippen molar-refractivity contribution in [1.29, 1.82) is 0 Å². The largest absolute Gasteiger partial charge is 0.324 e. The summed E-state index contributed by atoms with van der Waals surface area (Å²) in [6, 6.07) is 16.3. The molecular weight excluding hydrogens is 515 g/mol. The minimum absolute atomic E-state index is 0.146. The van der Waals surface area contributed by atoms with Crippen LogP contribution >= 0.6 is 22.6 Å². The summed E-state index contributed by atoms with van der Waals surface area (Å²) in [6.45, 7) is 0. The maximum Gasteiger partial charge on any atom is 0.248 e. The van der Waals surface area contributed by atoms with E-state index < -0.39 is 6.04 Å². The lowest BCUT2D eigenvalue weighted by atomic mass is 9.63. The van der Waals surface area contributed by atoms with Crippen LogP contribution in [0, 0.1) is 39.1 Å². The number of rotatable bonds is 5. The van der Waals surface area contributed by atoms with Gasteiger partial charge >= 0.3 is 0 Å². The van der Waals surface area contributed by atoms with Crippen LogP contribution in [0.4, 0.5) is 5.69 Å². The zero-order chi connectivity index (χ0) is 22.0. The fourth-order valence-electron chi connectivity index (χ4n) is 6.18. The van der Waals surface area contributed by atoms with Crippen LogP contribution in [0.3, 0.4) is 0 Å². The molecule has 3 amide bonds. The van der Waals surface area contributed by atoms with Crippen molar-refractivity contribution in [1.82, 2.24) is 4.90 Å². The number of hydrogen-bond donors (Lipinski definition) is 1. The molecule has 2 aromatic carbocycles. The Kier molecular flexibility index (Phi) is 4.75. The van der Waals surface area contributed by atoms with Crippen molar-refractivity contribution < 1.29 is 14.4 Å². The van der Waals surface area contributed by atoms with Gasteiger partial charge in [-0.15, -0.1) is 0 Å². The molecule has 32 heavy (non-hydrogen) atoms. The van der Waals surface area contributed by atoms with Crippen molar-refractivity contribution in [3.8, 4) is 0 Å². The number of likely N-dealkylation sites (tertiary alicyclic amines) is 1. The summed E-state index contributed by atoms with van der Waals surface area (Å²) >= 11 is 2.21. The molecule has 6 heteroatoms. The fraction of sp³-hybridized carbons (Fsp3) is 0.346. The molecule has 2 saturated carbocycles. The average Bonchev–Trinajstić information content (AvgIpc) is 3.58. The van der Waals surface area contributed by atoms with Crippen molar-refractivity contribution in [3.05, 3.63) is 75.9 Å². The average molecular weight is 538 g/mol. The maximum atomic E-state index is 13.6. The number of allylic oxidation sites excluding steroid dienone is 2. The molecule has 3 fully saturated rings. The van der Waals surface area contributed by atoms with Crippen molar-refractivity contribution in [2.24, 2.45) is 35.5 Å². The highest BCUT2D eigenvalue weighted by Gasteiger charge is 2.67. The maximum absolute atomic E-state index is 13.6. The second-order valence-electron chi connectivity index (χ2n) is 9.40. The van der Waals surface area contributed by atoms with E-state index in [2.05, 4.69) is 40.1 Å². The molecule has 7 rings (SSSR count). The SMILES string of the molecule is O=C(Nc1ccc(I)cc1)[C@@H](Cc1ccccc1)N1C(=O)[C@@H]2[C@@H]3C=C[C@H]([C@H]4C[C@@H]34)[C@@H]2C1=O. The van der Waals surface area contributed by atoms with Crippen LogP contribution in [-0.4, -0.2) is 28.7 Å². The molecule has 2 aromatic rings. The number of hydrogen-bond acceptors (Lipinski definition) is 3. The van der Waals surface area contributed by atoms with E-state index in [1.165, 1.54) is 4.90 Å². The normalized spacial score (nSPS) is 32.5. The number of imide groups is 1. The van der Waals surface area contributed by atoms with Crippen LogP contribution in [0.5, 0.6) is 0 Å². The standard InChI is InChI=1S/C26H23IN2O3/c27-15-6-8-16(9-7-15)28-24(30)21(12-14-4-2-1-3-5-14)29-25(31)22-17-10-11-18(20-13-19(17)20)23(22)26(29)32/h1-11,17-23H,12-13H2,(H,28,30)/t17-,18-,19-,20+,21-,22+,23-/m1/s1. The molecule has 1 saturated heterocycles. The minimum atomic E-state index is -0.863. The van der Waals surface area contributed by atoms with Gasteiger partial charge in [0.1, 0.15) is 6.04 Å². The molecule has 7 atom stereocenters. The number of carbonyl (C=O) groups excluding carboxylic acids is 3. The van der Waals surface area contributed by atoms with Gasteiger partial charge in [-0.25, -0.2) is 0 Å². The van der Waals surface area contributed by atoms with Gasteiger partial charge in [0.2, 0.25) is 17.7 Å². The molecule has 1 aliphatic heterocycles. The Labute approximate surface area is 200 Å². The third-order valence-corrected chi connectivity index (χ3v) is 8.41. The van der Waals surface area contributed by atoms with Gasteiger partial charge in [0, 0.05) is 15.7 Å². The summed E-state index contributed by atoms with van der Waals surface area (Å²) in [5, 5.41) is 2.94. The Morgan fingerprint density at radius 3 is 2.12 bits per heavy atom. The monoisotopic (exact) mass is 538 g/mol. The third-order valence-electron chi connectivity index (χ3n) is 7.69. The second-order valence-corrected chi connectivity index (χ2v) is 10.6. The Bertz CT molecular complexity index is 1090. The zero-order valence-electron chi connectivity index (χ0n) is 17.4. The van der Waals surface area contributed by atoms with E-state index in [0.717, 1.165) is 15.6 Å². The summed E-state index contributed by atoms with van der Waals surface area (Å²) in [4.78, 5) is 42.0. The molecule has 2 bridgehead atoms. The summed E-state index contributed by atoms with van der Waals surface area (Å²) in [7, 11) is 0. The van der Waals surface area contributed by atoms with Crippen LogP contribution in [0.1, 0.15) is 12.0 Å². The van der Waals surface area contributed by atoms with Gasteiger partial charge in [0.05, 0.1) is 11.8 Å². The lowest BCUT2D eigenvalue weighted by Crippen LogP contribution is -2.49. The first-order valence-electron chi connectivity index (χ1n) is 11.2. The number of nitrogens with one attached hydrogen (secondary N) is 1. The fourth-order valence-corrected chi connectivity index (χ4v) is 6.54. The molecule has 0 spiro atoms. The van der Waals surface area contributed by atoms with Crippen molar-refractivity contribution in [3.63, 3.8) is 0 Å². The molecule has 0 unspecified atom stereocenters. The van der Waals surface area contributed by atoms with Gasteiger partial charge in [0.15, 0.2) is 0 Å². The van der Waals surface area contributed by atoms with E-state index in [0.29, 0.717) is 23.9 Å². The number of benzene rings is 2. The Balaban J connectivity index is 1.33. The predicted octanol–water partition coefficient (Wildman–Crippen LogP) is 3.89. The van der Waals surface area contributed by atoms with Gasteiger partial charge in [-0.3, -0.25) is 19.3 Å². The molecule has 0 aromatic heterocycles.